The van der Waals surface area contributed by atoms with Gasteiger partial charge in [-0.3, -0.25) is 0 Å². The first kappa shape index (κ1) is 11.7. The minimum absolute atomic E-state index is 0.0619. The lowest BCUT2D eigenvalue weighted by molar-refractivity contribution is -0.389. The monoisotopic (exact) mass is 251 g/mol. The SMILES string of the molecule is O=C(O)c1ccc(-n2ccc([N+](=O)[O-])n2)c(F)c1. The molecule has 1 N–H and O–H groups in total. The molecule has 2 aromatic rings. The molecule has 0 saturated heterocycles. The topological polar surface area (TPSA) is 98.3 Å². The lowest BCUT2D eigenvalue weighted by atomic mass is 10.2. The fourth-order valence-electron chi connectivity index (χ4n) is 1.37. The van der Waals surface area contributed by atoms with Crippen LogP contribution < -0.4 is 0 Å². The predicted octanol–water partition coefficient (Wildman–Crippen LogP) is 1.62. The van der Waals surface area contributed by atoms with Gasteiger partial charge in [-0.2, -0.15) is 0 Å². The Morgan fingerprint density at radius 2 is 2.17 bits per heavy atom. The highest BCUT2D eigenvalue weighted by molar-refractivity contribution is 5.87. The second-order valence-corrected chi connectivity index (χ2v) is 3.35. The average Bonchev–Trinajstić information content (AvgIpc) is 2.78. The van der Waals surface area contributed by atoms with Gasteiger partial charge in [-0.05, 0) is 23.1 Å². The smallest absolute Gasteiger partial charge is 0.390 e. The molecule has 92 valence electrons. The molecule has 0 radical (unpaired) electrons. The number of carbonyl (C=O) groups is 1. The normalized spacial score (nSPS) is 10.3. The first-order valence-electron chi connectivity index (χ1n) is 4.72. The van der Waals surface area contributed by atoms with Crippen LogP contribution in [0, 0.1) is 15.9 Å². The van der Waals surface area contributed by atoms with Crippen LogP contribution in [0.2, 0.25) is 0 Å². The number of carboxylic acids is 1. The Bertz CT molecular complexity index is 638. The van der Waals surface area contributed by atoms with Crippen LogP contribution in [0.5, 0.6) is 0 Å². The standard InChI is InChI=1S/C10H6FN3O4/c11-7-5-6(10(15)16)1-2-8(7)13-4-3-9(12-13)14(17)18/h1-5H,(H,15,16). The van der Waals surface area contributed by atoms with Crippen molar-refractivity contribution in [2.75, 3.05) is 0 Å². The van der Waals surface area contributed by atoms with Crippen LogP contribution in [-0.4, -0.2) is 25.8 Å². The Kier molecular flexibility index (Phi) is 2.76. The van der Waals surface area contributed by atoms with Gasteiger partial charge in [0.05, 0.1) is 22.9 Å². The molecule has 0 atom stereocenters. The van der Waals surface area contributed by atoms with Crippen LogP contribution in [0.25, 0.3) is 5.69 Å². The van der Waals surface area contributed by atoms with Crippen molar-refractivity contribution in [2.45, 2.75) is 0 Å². The molecule has 1 heterocycles. The molecule has 0 saturated carbocycles. The molecule has 1 aromatic heterocycles. The second kappa shape index (κ2) is 4.24. The Morgan fingerprint density at radius 1 is 1.44 bits per heavy atom. The maximum Gasteiger partial charge on any atom is 0.390 e. The molecule has 0 aliphatic heterocycles. The molecule has 0 bridgehead atoms. The molecular weight excluding hydrogens is 245 g/mol. The number of rotatable bonds is 3. The van der Waals surface area contributed by atoms with Crippen LogP contribution in [0.15, 0.2) is 30.5 Å². The van der Waals surface area contributed by atoms with Crippen molar-refractivity contribution in [1.82, 2.24) is 9.78 Å². The first-order valence-corrected chi connectivity index (χ1v) is 4.72. The predicted molar refractivity (Wildman–Crippen MR) is 57.1 cm³/mol. The molecule has 0 spiro atoms. The van der Waals surface area contributed by atoms with Gasteiger partial charge >= 0.3 is 11.8 Å². The molecule has 0 amide bonds. The maximum absolute atomic E-state index is 13.6. The van der Waals surface area contributed by atoms with E-state index in [9.17, 15) is 19.3 Å². The fourth-order valence-corrected chi connectivity index (χ4v) is 1.37. The molecule has 18 heavy (non-hydrogen) atoms. The van der Waals surface area contributed by atoms with E-state index >= 15 is 0 Å². The highest BCUT2D eigenvalue weighted by atomic mass is 19.1. The van der Waals surface area contributed by atoms with E-state index in [4.69, 9.17) is 5.11 Å². The average molecular weight is 251 g/mol. The number of hydrogen-bond acceptors (Lipinski definition) is 4. The molecule has 1 aromatic carbocycles. The molecular formula is C10H6FN3O4. The third-order valence-corrected chi connectivity index (χ3v) is 2.20. The lowest BCUT2D eigenvalue weighted by Gasteiger charge is -2.00. The summed E-state index contributed by atoms with van der Waals surface area (Å²) in [4.78, 5) is 20.3. The van der Waals surface area contributed by atoms with Gasteiger partial charge in [0.15, 0.2) is 5.82 Å². The van der Waals surface area contributed by atoms with Crippen LogP contribution in [0.4, 0.5) is 10.2 Å². The van der Waals surface area contributed by atoms with Crippen molar-refractivity contribution in [3.05, 3.63) is 52.0 Å². The number of nitrogens with zero attached hydrogens (tertiary/aromatic N) is 3. The van der Waals surface area contributed by atoms with Crippen LogP contribution in [0.3, 0.4) is 0 Å². The maximum atomic E-state index is 13.6. The second-order valence-electron chi connectivity index (χ2n) is 3.35. The van der Waals surface area contributed by atoms with Crippen molar-refractivity contribution in [1.29, 1.82) is 0 Å². The summed E-state index contributed by atoms with van der Waals surface area (Å²) in [6, 6.07) is 4.32. The third kappa shape index (κ3) is 2.03. The summed E-state index contributed by atoms with van der Waals surface area (Å²) in [6.07, 6.45) is 1.22. The lowest BCUT2D eigenvalue weighted by Crippen LogP contribution is -2.03. The number of hydrogen-bond donors (Lipinski definition) is 1. The number of halogens is 1. The zero-order chi connectivity index (χ0) is 13.3. The highest BCUT2D eigenvalue weighted by Gasteiger charge is 2.16. The van der Waals surface area contributed by atoms with Gasteiger partial charge in [-0.1, -0.05) is 0 Å². The van der Waals surface area contributed by atoms with Crippen molar-refractivity contribution in [3.8, 4) is 5.69 Å². The van der Waals surface area contributed by atoms with E-state index in [-0.39, 0.29) is 11.3 Å². The summed E-state index contributed by atoms with van der Waals surface area (Å²) < 4.78 is 14.6. The van der Waals surface area contributed by atoms with Crippen LogP contribution >= 0.6 is 0 Å². The summed E-state index contributed by atoms with van der Waals surface area (Å²) in [5, 5.41) is 22.6. The summed E-state index contributed by atoms with van der Waals surface area (Å²) in [5.74, 6) is -2.50. The van der Waals surface area contributed by atoms with Crippen molar-refractivity contribution in [2.24, 2.45) is 0 Å². The molecule has 0 aliphatic rings. The van der Waals surface area contributed by atoms with E-state index in [2.05, 4.69) is 5.10 Å². The summed E-state index contributed by atoms with van der Waals surface area (Å²) in [6.45, 7) is 0. The first-order chi connectivity index (χ1) is 8.49. The van der Waals surface area contributed by atoms with Gasteiger partial charge in [0.25, 0.3) is 0 Å². The van der Waals surface area contributed by atoms with Crippen molar-refractivity contribution in [3.63, 3.8) is 0 Å². The Labute approximate surface area is 99.2 Å². The fraction of sp³-hybridized carbons (Fsp3) is 0. The van der Waals surface area contributed by atoms with E-state index in [1.54, 1.807) is 0 Å². The van der Waals surface area contributed by atoms with Crippen molar-refractivity contribution >= 4 is 11.8 Å². The number of nitro groups is 1. The molecule has 2 rings (SSSR count). The molecule has 8 heteroatoms. The highest BCUT2D eigenvalue weighted by Crippen LogP contribution is 2.17. The third-order valence-electron chi connectivity index (χ3n) is 2.20. The van der Waals surface area contributed by atoms with E-state index in [1.165, 1.54) is 18.3 Å². The molecule has 7 nitrogen and oxygen atoms in total. The van der Waals surface area contributed by atoms with Crippen LogP contribution in [0.1, 0.15) is 10.4 Å². The molecule has 0 unspecified atom stereocenters. The summed E-state index contributed by atoms with van der Waals surface area (Å²) >= 11 is 0. The van der Waals surface area contributed by atoms with E-state index in [0.29, 0.717) is 0 Å². The quantitative estimate of drug-likeness (QED) is 0.660. The number of benzene rings is 1. The minimum Gasteiger partial charge on any atom is -0.478 e. The van der Waals surface area contributed by atoms with Gasteiger partial charge < -0.3 is 15.2 Å². The van der Waals surface area contributed by atoms with E-state index in [1.807, 2.05) is 0 Å². The number of aromatic nitrogens is 2. The van der Waals surface area contributed by atoms with Gasteiger partial charge in [0.2, 0.25) is 0 Å². The summed E-state index contributed by atoms with van der Waals surface area (Å²) in [7, 11) is 0. The van der Waals surface area contributed by atoms with Gasteiger partial charge in [0, 0.05) is 0 Å². The van der Waals surface area contributed by atoms with Crippen LogP contribution in [-0.2, 0) is 0 Å². The van der Waals surface area contributed by atoms with E-state index in [0.717, 1.165) is 16.8 Å². The Morgan fingerprint density at radius 3 is 2.67 bits per heavy atom. The Hall–Kier alpha value is -2.77. The number of carboxylic acid groups (broad SMARTS) is 1. The summed E-state index contributed by atoms with van der Waals surface area (Å²) in [5.41, 5.74) is -0.272. The van der Waals surface area contributed by atoms with Crippen molar-refractivity contribution < 1.29 is 19.2 Å². The Balaban J connectivity index is 2.44. The molecule has 0 aliphatic carbocycles. The molecule has 0 fully saturated rings. The zero-order valence-electron chi connectivity index (χ0n) is 8.78. The van der Waals surface area contributed by atoms with Gasteiger partial charge in [0.1, 0.15) is 5.69 Å². The van der Waals surface area contributed by atoms with Gasteiger partial charge in [-0.25, -0.2) is 9.18 Å². The van der Waals surface area contributed by atoms with Gasteiger partial charge in [-0.15, -0.1) is 4.68 Å². The minimum atomic E-state index is -1.26. The van der Waals surface area contributed by atoms with E-state index < -0.39 is 22.5 Å². The largest absolute Gasteiger partial charge is 0.478 e. The number of aromatic carboxylic acids is 1. The zero-order valence-corrected chi connectivity index (χ0v) is 8.78.